The number of hydrogen-bond acceptors (Lipinski definition) is 15. The van der Waals surface area contributed by atoms with Gasteiger partial charge in [0, 0.05) is 0 Å². The van der Waals surface area contributed by atoms with Gasteiger partial charge in [-0.05, 0) is 95.2 Å². The number of nitrogens with one attached hydrogen (secondary N) is 2. The molecule has 0 bridgehead atoms. The summed E-state index contributed by atoms with van der Waals surface area (Å²) >= 11 is 0. The number of hydrogen-bond donors (Lipinski definition) is 6. The molecule has 7 N–H and O–H groups in total. The molecule has 3 unspecified atom stereocenters. The first-order valence-corrected chi connectivity index (χ1v) is 33.6. The molecule has 101 heavy (non-hydrogen) atoms. The van der Waals surface area contributed by atoms with Crippen molar-refractivity contribution in [2.75, 3.05) is 19.6 Å². The summed E-state index contributed by atoms with van der Waals surface area (Å²) in [6.07, 6.45) is 3.70. The summed E-state index contributed by atoms with van der Waals surface area (Å²) < 4.78 is 10.7. The largest absolute Gasteiger partial charge is 0.481 e. The summed E-state index contributed by atoms with van der Waals surface area (Å²) in [5, 5.41) is 36.0. The van der Waals surface area contributed by atoms with E-state index in [0.717, 1.165) is 49.1 Å². The molecule has 0 aliphatic rings. The van der Waals surface area contributed by atoms with Crippen molar-refractivity contribution in [2.45, 2.75) is 125 Å². The van der Waals surface area contributed by atoms with Crippen LogP contribution < -0.4 is 16.4 Å². The van der Waals surface area contributed by atoms with Gasteiger partial charge in [0.15, 0.2) is 0 Å². The number of carboxylic acid groups (broad SMARTS) is 2. The van der Waals surface area contributed by atoms with E-state index in [0.29, 0.717) is 62.5 Å². The molecule has 0 aliphatic carbocycles. The zero-order chi connectivity index (χ0) is 73.7. The van der Waals surface area contributed by atoms with E-state index < -0.39 is 59.7 Å². The molecule has 22 nitrogen and oxygen atoms in total. The van der Waals surface area contributed by atoms with Gasteiger partial charge in [0.05, 0.1) is 37.4 Å². The number of rotatable bonds is 39. The number of aliphatic carboxylic acids is 2. The molecule has 6 atom stereocenters. The summed E-state index contributed by atoms with van der Waals surface area (Å²) in [4.78, 5) is 118. The highest BCUT2D eigenvalue weighted by molar-refractivity contribution is 5.87. The number of hydroxylamine groups is 6. The van der Waals surface area contributed by atoms with Crippen LogP contribution in [-0.4, -0.2) is 123 Å². The molecular weight excluding hydrogens is 1290 g/mol. The van der Waals surface area contributed by atoms with Gasteiger partial charge in [-0.3, -0.25) is 48.4 Å². The Bertz CT molecular complexity index is 3490. The van der Waals surface area contributed by atoms with Crippen LogP contribution in [0, 0.1) is 35.5 Å². The fraction of sp³-hybridized carbons (Fsp3) is 0.354. The number of amides is 5. The summed E-state index contributed by atoms with van der Waals surface area (Å²) in [5.41, 5.74) is 12.1. The van der Waals surface area contributed by atoms with Crippen LogP contribution in [0.25, 0.3) is 0 Å². The second kappa shape index (κ2) is 47.6. The minimum Gasteiger partial charge on any atom is -0.481 e. The smallest absolute Gasteiger partial charge is 0.328 e. The molecule has 0 aliphatic heterocycles. The van der Waals surface area contributed by atoms with E-state index in [4.69, 9.17) is 24.9 Å². The normalized spacial score (nSPS) is 12.4. The third kappa shape index (κ3) is 35.3. The molecule has 0 saturated carbocycles. The predicted octanol–water partition coefficient (Wildman–Crippen LogP) is 10.6. The maximum atomic E-state index is 13.5. The van der Waals surface area contributed by atoms with Gasteiger partial charge in [0.2, 0.25) is 31.0 Å². The number of benzene rings is 7. The summed E-state index contributed by atoms with van der Waals surface area (Å²) in [5.74, 6) is -5.18. The van der Waals surface area contributed by atoms with E-state index >= 15 is 0 Å². The van der Waals surface area contributed by atoms with Crippen LogP contribution in [0.1, 0.15) is 99.7 Å². The molecule has 7 aromatic carbocycles. The summed E-state index contributed by atoms with van der Waals surface area (Å²) in [6, 6.07) is 63.6. The van der Waals surface area contributed by atoms with Crippen molar-refractivity contribution in [3.05, 3.63) is 251 Å². The van der Waals surface area contributed by atoms with E-state index in [9.17, 15) is 58.6 Å². The second-order valence-corrected chi connectivity index (χ2v) is 25.3. The lowest BCUT2D eigenvalue weighted by Gasteiger charge is -2.26. The molecule has 0 fully saturated rings. The third-order valence-electron chi connectivity index (χ3n) is 15.2. The summed E-state index contributed by atoms with van der Waals surface area (Å²) in [6.45, 7) is 12.4. The van der Waals surface area contributed by atoms with Crippen molar-refractivity contribution in [1.82, 2.24) is 25.8 Å². The Balaban J connectivity index is 0.000000300. The van der Waals surface area contributed by atoms with Crippen LogP contribution in [0.3, 0.4) is 0 Å². The number of carbonyl (C=O) groups excluding carboxylic acids is 7. The topological polar surface area (TPSA) is 311 Å². The number of esters is 2. The van der Waals surface area contributed by atoms with Gasteiger partial charge in [0.25, 0.3) is 0 Å². The second-order valence-electron chi connectivity index (χ2n) is 25.3. The number of ether oxygens (including phenoxy) is 2. The number of carbonyl (C=O) groups is 9. The van der Waals surface area contributed by atoms with Gasteiger partial charge < -0.3 is 36.1 Å². The Labute approximate surface area is 592 Å². The molecule has 540 valence electrons. The molecule has 7 rings (SSSR count). The van der Waals surface area contributed by atoms with E-state index in [1.165, 1.54) is 0 Å². The lowest BCUT2D eigenvalue weighted by atomic mass is 9.96. The minimum absolute atomic E-state index is 0.000557. The first-order chi connectivity index (χ1) is 48.5. The molecule has 0 heterocycles. The molecule has 0 aromatic heterocycles. The third-order valence-corrected chi connectivity index (χ3v) is 15.2. The maximum Gasteiger partial charge on any atom is 0.328 e. The maximum absolute atomic E-state index is 13.5. The Hall–Kier alpha value is -10.4. The van der Waals surface area contributed by atoms with Crippen LogP contribution in [0.4, 0.5) is 0 Å². The Morgan fingerprint density at radius 3 is 1.01 bits per heavy atom. The first kappa shape index (κ1) is 83.0. The van der Waals surface area contributed by atoms with E-state index in [-0.39, 0.29) is 76.0 Å². The van der Waals surface area contributed by atoms with Crippen molar-refractivity contribution in [3.8, 4) is 0 Å². The Kier molecular flexibility index (Phi) is 39.1. The molecule has 0 radical (unpaired) electrons. The van der Waals surface area contributed by atoms with Crippen LogP contribution in [-0.2, 0) is 108 Å². The molecule has 0 spiro atoms. The van der Waals surface area contributed by atoms with Gasteiger partial charge >= 0.3 is 23.9 Å². The van der Waals surface area contributed by atoms with Crippen molar-refractivity contribution in [2.24, 2.45) is 41.2 Å². The van der Waals surface area contributed by atoms with Gasteiger partial charge in [-0.15, -0.1) is 0 Å². The fourth-order valence-corrected chi connectivity index (χ4v) is 10.1. The number of nitrogens with zero attached hydrogens (tertiary/aromatic N) is 3. The predicted molar refractivity (Wildman–Crippen MR) is 381 cm³/mol. The van der Waals surface area contributed by atoms with Crippen molar-refractivity contribution in [1.29, 1.82) is 0 Å². The van der Waals surface area contributed by atoms with Crippen molar-refractivity contribution in [3.63, 3.8) is 0 Å². The highest BCUT2D eigenvalue weighted by atomic mass is 16.7. The SMILES string of the molecule is CC(C)C[C@@H](N)C(=O)OCc1ccccc1.CC(C)C[C@@H](NC(=O)C(Cc1ccccc1)CN(C=O)OCc1ccccc1)C(=O)OCc1ccccc1.CC(C)C[C@@H](NC(=O)C(Cc1ccccc1)CN(O)C=O)C(=O)O.O=CN(CC(Cc1ccccc1)C(=O)O)OCc1ccccc1. The number of carboxylic acids is 2. The average molecular weight is 1390 g/mol. The lowest BCUT2D eigenvalue weighted by Crippen LogP contribution is -2.48. The van der Waals surface area contributed by atoms with Crippen LogP contribution >= 0.6 is 0 Å². The van der Waals surface area contributed by atoms with Crippen LogP contribution in [0.2, 0.25) is 0 Å². The Morgan fingerprint density at radius 1 is 0.386 bits per heavy atom. The van der Waals surface area contributed by atoms with Crippen LogP contribution in [0.5, 0.6) is 0 Å². The van der Waals surface area contributed by atoms with E-state index in [2.05, 4.69) is 10.6 Å². The zero-order valence-corrected chi connectivity index (χ0v) is 58.4. The highest BCUT2D eigenvalue weighted by Crippen LogP contribution is 2.18. The van der Waals surface area contributed by atoms with Gasteiger partial charge in [-0.2, -0.15) is 0 Å². The fourth-order valence-electron chi connectivity index (χ4n) is 10.1. The van der Waals surface area contributed by atoms with Crippen molar-refractivity contribution >= 4 is 54.9 Å². The minimum atomic E-state index is -1.10. The molecular formula is C79H98N6O16. The first-order valence-electron chi connectivity index (χ1n) is 33.6. The molecule has 5 amide bonds. The monoisotopic (exact) mass is 1390 g/mol. The van der Waals surface area contributed by atoms with E-state index in [1.807, 2.05) is 254 Å². The lowest BCUT2D eigenvalue weighted by molar-refractivity contribution is -0.184. The van der Waals surface area contributed by atoms with Crippen LogP contribution in [0.15, 0.2) is 212 Å². The van der Waals surface area contributed by atoms with Gasteiger partial charge in [-0.1, -0.05) is 254 Å². The average Bonchev–Trinajstić information content (AvgIpc) is 0.901. The van der Waals surface area contributed by atoms with E-state index in [1.54, 1.807) is 0 Å². The summed E-state index contributed by atoms with van der Waals surface area (Å²) in [7, 11) is 0. The van der Waals surface area contributed by atoms with Gasteiger partial charge in [-0.25, -0.2) is 24.8 Å². The molecule has 22 heteroatoms. The zero-order valence-electron chi connectivity index (χ0n) is 58.4. The molecule has 7 aromatic rings. The molecule has 0 saturated heterocycles. The quantitative estimate of drug-likeness (QED) is 0.00903. The van der Waals surface area contributed by atoms with Gasteiger partial charge in [0.1, 0.15) is 44.6 Å². The standard InChI is InChI=1S/C31H36N2O5.C18H19NO4.C17H24N2O5.C13H19NO2/c1-24(2)18-29(31(36)37-21-26-14-8-4-9-15-26)32-30(35)28(19-25-12-6-3-7-13-25)20-33(23-34)38-22-27-16-10-5-11-17-27;20-14-19(23-13-16-9-5-2-6-10-16)12-17(18(21)22)11-15-7-3-1-4-8-15;1-12(2)8-15(17(22)23)18-16(21)14(10-19(24)11-20)9-13-6-4-3-5-7-13;1-10(2)8-12(14)13(15)16-9-11-6-4-3-5-7-11/h3-17,23-24,28-29H,18-22H2,1-2H3,(H,32,35);1-10,14,17H,11-13H2,(H,21,22);3-7,11-12,14-15,24H,8-10H2,1-2H3,(H,18,21)(H,22,23);3-7,10,12H,8-9,14H2,1-2H3/t28?,29-;;14?,15-;12-/m1.11/s1. The van der Waals surface area contributed by atoms with Crippen molar-refractivity contribution < 1.29 is 77.7 Å². The highest BCUT2D eigenvalue weighted by Gasteiger charge is 2.31. The Morgan fingerprint density at radius 2 is 0.683 bits per heavy atom. The number of nitrogens with two attached hydrogens (primary N) is 1.